The van der Waals surface area contributed by atoms with Crippen LogP contribution in [0.2, 0.25) is 0 Å². The predicted octanol–water partition coefficient (Wildman–Crippen LogP) is 1.60. The maximum absolute atomic E-state index is 4.90. The Bertz CT molecular complexity index is 205. The molecule has 9 heavy (non-hydrogen) atoms. The van der Waals surface area contributed by atoms with E-state index in [1.807, 2.05) is 18.2 Å². The Labute approximate surface area is 52.7 Å². The molecule has 0 fully saturated rings. The minimum Gasteiger partial charge on any atom is -0.369 e. The standard InChI is InChI=1S/C6H6N2O/c1-2-4-6-5(3-1)7-8-9-6/h1-3,6H,4H2. The largest absolute Gasteiger partial charge is 0.369 e. The molecule has 1 aliphatic carbocycles. The quantitative estimate of drug-likeness (QED) is 0.480. The molecule has 0 radical (unpaired) electrons. The van der Waals surface area contributed by atoms with E-state index in [0.29, 0.717) is 0 Å². The van der Waals surface area contributed by atoms with Crippen LogP contribution in [0, 0.1) is 0 Å². The van der Waals surface area contributed by atoms with Crippen LogP contribution in [0.1, 0.15) is 6.42 Å². The zero-order valence-electron chi connectivity index (χ0n) is 4.82. The molecule has 0 aromatic rings. The predicted molar refractivity (Wildman–Crippen MR) is 31.6 cm³/mol. The van der Waals surface area contributed by atoms with Gasteiger partial charge in [-0.05, 0) is 6.08 Å². The summed E-state index contributed by atoms with van der Waals surface area (Å²) in [7, 11) is 0. The lowest BCUT2D eigenvalue weighted by atomic mass is 10.1. The molecule has 0 aromatic carbocycles. The molecule has 0 bridgehead atoms. The van der Waals surface area contributed by atoms with Crippen LogP contribution >= 0.6 is 0 Å². The van der Waals surface area contributed by atoms with Gasteiger partial charge in [0.1, 0.15) is 5.70 Å². The monoisotopic (exact) mass is 122 g/mol. The lowest BCUT2D eigenvalue weighted by Crippen LogP contribution is -2.07. The molecule has 2 aliphatic rings. The van der Waals surface area contributed by atoms with E-state index in [4.69, 9.17) is 4.84 Å². The molecule has 2 rings (SSSR count). The highest BCUT2D eigenvalue weighted by molar-refractivity contribution is 5.21. The summed E-state index contributed by atoms with van der Waals surface area (Å²) in [4.78, 5) is 4.90. The zero-order valence-corrected chi connectivity index (χ0v) is 4.82. The third-order valence-electron chi connectivity index (χ3n) is 1.41. The topological polar surface area (TPSA) is 34.0 Å². The smallest absolute Gasteiger partial charge is 0.176 e. The highest BCUT2D eigenvalue weighted by atomic mass is 16.7. The molecule has 3 nitrogen and oxygen atoms in total. The Morgan fingerprint density at radius 2 is 2.67 bits per heavy atom. The van der Waals surface area contributed by atoms with Gasteiger partial charge in [0.2, 0.25) is 0 Å². The van der Waals surface area contributed by atoms with Gasteiger partial charge in [0.25, 0.3) is 0 Å². The van der Waals surface area contributed by atoms with E-state index in [-0.39, 0.29) is 6.10 Å². The lowest BCUT2D eigenvalue weighted by Gasteiger charge is -2.06. The normalized spacial score (nSPS) is 29.3. The van der Waals surface area contributed by atoms with Crippen molar-refractivity contribution < 1.29 is 4.84 Å². The molecule has 0 saturated carbocycles. The van der Waals surface area contributed by atoms with Crippen molar-refractivity contribution in [2.45, 2.75) is 12.5 Å². The van der Waals surface area contributed by atoms with E-state index < -0.39 is 0 Å². The van der Waals surface area contributed by atoms with Gasteiger partial charge in [0.15, 0.2) is 6.10 Å². The van der Waals surface area contributed by atoms with Crippen molar-refractivity contribution in [2.75, 3.05) is 0 Å². The molecule has 1 aliphatic heterocycles. The van der Waals surface area contributed by atoms with E-state index >= 15 is 0 Å². The summed E-state index contributed by atoms with van der Waals surface area (Å²) < 4.78 is 0. The SMILES string of the molecule is C1=CCC2ON=NC2=C1. The Kier molecular flexibility index (Phi) is 0.886. The molecule has 3 heteroatoms. The molecule has 1 atom stereocenters. The first kappa shape index (κ1) is 4.73. The lowest BCUT2D eigenvalue weighted by molar-refractivity contribution is 0.102. The van der Waals surface area contributed by atoms with Gasteiger partial charge in [0, 0.05) is 11.7 Å². The Morgan fingerprint density at radius 1 is 1.67 bits per heavy atom. The average Bonchev–Trinajstić information content (AvgIpc) is 2.33. The van der Waals surface area contributed by atoms with Gasteiger partial charge in [-0.15, -0.1) is 5.11 Å². The van der Waals surface area contributed by atoms with Gasteiger partial charge >= 0.3 is 0 Å². The van der Waals surface area contributed by atoms with Gasteiger partial charge in [-0.25, -0.2) is 0 Å². The highest BCUT2D eigenvalue weighted by Crippen LogP contribution is 2.23. The van der Waals surface area contributed by atoms with Crippen molar-refractivity contribution >= 4 is 0 Å². The Balaban J connectivity index is 2.31. The summed E-state index contributed by atoms with van der Waals surface area (Å²) in [5.74, 6) is 0. The molecule has 0 saturated heterocycles. The van der Waals surface area contributed by atoms with E-state index in [0.717, 1.165) is 12.1 Å². The molecular formula is C6H6N2O. The third kappa shape index (κ3) is 0.650. The minimum absolute atomic E-state index is 0.106. The van der Waals surface area contributed by atoms with Crippen LogP contribution in [0.3, 0.4) is 0 Å². The zero-order chi connectivity index (χ0) is 6.10. The molecule has 1 heterocycles. The van der Waals surface area contributed by atoms with Crippen molar-refractivity contribution in [3.05, 3.63) is 23.9 Å². The van der Waals surface area contributed by atoms with Crippen LogP contribution in [0.15, 0.2) is 34.3 Å². The van der Waals surface area contributed by atoms with Crippen molar-refractivity contribution in [3.8, 4) is 0 Å². The van der Waals surface area contributed by atoms with Crippen molar-refractivity contribution in [1.29, 1.82) is 0 Å². The van der Waals surface area contributed by atoms with Gasteiger partial charge < -0.3 is 4.84 Å². The maximum atomic E-state index is 4.90. The Hall–Kier alpha value is -1.12. The fourth-order valence-electron chi connectivity index (χ4n) is 0.919. The number of nitrogens with zero attached hydrogens (tertiary/aromatic N) is 2. The van der Waals surface area contributed by atoms with Crippen LogP contribution in [-0.4, -0.2) is 6.10 Å². The number of allylic oxidation sites excluding steroid dienone is 2. The summed E-state index contributed by atoms with van der Waals surface area (Å²) in [6.45, 7) is 0. The second-order valence-corrected chi connectivity index (χ2v) is 2.03. The van der Waals surface area contributed by atoms with Crippen LogP contribution in [-0.2, 0) is 4.84 Å². The second-order valence-electron chi connectivity index (χ2n) is 2.03. The van der Waals surface area contributed by atoms with E-state index in [1.54, 1.807) is 0 Å². The number of hydrogen-bond acceptors (Lipinski definition) is 3. The van der Waals surface area contributed by atoms with Gasteiger partial charge in [-0.3, -0.25) is 0 Å². The molecular weight excluding hydrogens is 116 g/mol. The average molecular weight is 122 g/mol. The van der Waals surface area contributed by atoms with Crippen molar-refractivity contribution in [3.63, 3.8) is 0 Å². The van der Waals surface area contributed by atoms with Crippen molar-refractivity contribution in [2.24, 2.45) is 10.4 Å². The summed E-state index contributed by atoms with van der Waals surface area (Å²) in [6.07, 6.45) is 6.95. The molecule has 46 valence electrons. The summed E-state index contributed by atoms with van der Waals surface area (Å²) >= 11 is 0. The highest BCUT2D eigenvalue weighted by Gasteiger charge is 2.20. The van der Waals surface area contributed by atoms with Crippen LogP contribution in [0.5, 0.6) is 0 Å². The van der Waals surface area contributed by atoms with Crippen molar-refractivity contribution in [1.82, 2.24) is 0 Å². The van der Waals surface area contributed by atoms with Crippen LogP contribution in [0.4, 0.5) is 0 Å². The van der Waals surface area contributed by atoms with Crippen LogP contribution < -0.4 is 0 Å². The maximum Gasteiger partial charge on any atom is 0.176 e. The summed E-state index contributed by atoms with van der Waals surface area (Å²) in [6, 6.07) is 0. The molecule has 1 unspecified atom stereocenters. The van der Waals surface area contributed by atoms with E-state index in [2.05, 4.69) is 10.4 Å². The Morgan fingerprint density at radius 3 is 3.56 bits per heavy atom. The summed E-state index contributed by atoms with van der Waals surface area (Å²) in [5, 5.41) is 7.21. The first-order chi connectivity index (χ1) is 4.47. The molecule has 0 amide bonds. The number of fused-ring (bicyclic) bond motifs is 1. The fraction of sp³-hybridized carbons (Fsp3) is 0.333. The fourth-order valence-corrected chi connectivity index (χ4v) is 0.919. The first-order valence-corrected chi connectivity index (χ1v) is 2.90. The molecule has 0 N–H and O–H groups in total. The second kappa shape index (κ2) is 1.69. The first-order valence-electron chi connectivity index (χ1n) is 2.90. The van der Waals surface area contributed by atoms with Gasteiger partial charge in [-0.1, -0.05) is 12.2 Å². The van der Waals surface area contributed by atoms with Gasteiger partial charge in [-0.2, -0.15) is 0 Å². The van der Waals surface area contributed by atoms with E-state index in [1.165, 1.54) is 0 Å². The van der Waals surface area contributed by atoms with Gasteiger partial charge in [0.05, 0.1) is 0 Å². The third-order valence-corrected chi connectivity index (χ3v) is 1.41. The number of rotatable bonds is 0. The van der Waals surface area contributed by atoms with E-state index in [9.17, 15) is 0 Å². The molecule has 0 aromatic heterocycles. The van der Waals surface area contributed by atoms with Crippen LogP contribution in [0.25, 0.3) is 0 Å². The summed E-state index contributed by atoms with van der Waals surface area (Å²) in [5.41, 5.74) is 0.942. The minimum atomic E-state index is 0.106. The number of hydrogen-bond donors (Lipinski definition) is 0. The molecule has 0 spiro atoms.